The normalized spacial score (nSPS) is 16.9. The third-order valence-electron chi connectivity index (χ3n) is 3.54. The van der Waals surface area contributed by atoms with E-state index >= 15 is 0 Å². The predicted octanol–water partition coefficient (Wildman–Crippen LogP) is 2.11. The fourth-order valence-corrected chi connectivity index (χ4v) is 2.40. The number of nitrogens with zero attached hydrogens (tertiary/aromatic N) is 2. The second kappa shape index (κ2) is 5.35. The van der Waals surface area contributed by atoms with Gasteiger partial charge >= 0.3 is 0 Å². The van der Waals surface area contributed by atoms with Gasteiger partial charge in [0.05, 0.1) is 4.92 Å². The first-order chi connectivity index (χ1) is 8.61. The van der Waals surface area contributed by atoms with Crippen LogP contribution >= 0.6 is 0 Å². The highest BCUT2D eigenvalue weighted by Crippen LogP contribution is 2.32. The van der Waals surface area contributed by atoms with E-state index in [9.17, 15) is 10.1 Å². The summed E-state index contributed by atoms with van der Waals surface area (Å²) in [6, 6.07) is 5.21. The van der Waals surface area contributed by atoms with Crippen LogP contribution in [-0.4, -0.2) is 29.7 Å². The van der Waals surface area contributed by atoms with Gasteiger partial charge in [-0.3, -0.25) is 10.1 Å². The van der Waals surface area contributed by atoms with E-state index < -0.39 is 0 Å². The molecule has 1 aliphatic rings. The minimum Gasteiger partial charge on any atom is -0.396 e. The van der Waals surface area contributed by atoms with Crippen molar-refractivity contribution >= 4 is 11.4 Å². The lowest BCUT2D eigenvalue weighted by Crippen LogP contribution is -2.35. The van der Waals surface area contributed by atoms with Crippen molar-refractivity contribution < 1.29 is 10.0 Å². The molecule has 2 rings (SSSR count). The Morgan fingerprint density at radius 3 is 2.67 bits per heavy atom. The number of nitro groups is 1. The Balaban J connectivity index is 2.22. The van der Waals surface area contributed by atoms with Gasteiger partial charge in [0.1, 0.15) is 5.69 Å². The number of rotatable bonds is 3. The molecule has 0 amide bonds. The lowest BCUT2D eigenvalue weighted by molar-refractivity contribution is -0.384. The summed E-state index contributed by atoms with van der Waals surface area (Å²) in [6.45, 7) is 3.70. The number of aliphatic hydroxyl groups excluding tert-OH is 1. The van der Waals surface area contributed by atoms with Crippen LogP contribution in [0.2, 0.25) is 0 Å². The number of aryl methyl sites for hydroxylation is 1. The fraction of sp³-hybridized carbons (Fsp3) is 0.538. The monoisotopic (exact) mass is 250 g/mol. The summed E-state index contributed by atoms with van der Waals surface area (Å²) in [5, 5.41) is 20.1. The number of anilines is 1. The zero-order valence-corrected chi connectivity index (χ0v) is 10.5. The molecule has 1 fully saturated rings. The summed E-state index contributed by atoms with van der Waals surface area (Å²) in [5.41, 5.74) is 1.90. The van der Waals surface area contributed by atoms with Crippen molar-refractivity contribution in [3.63, 3.8) is 0 Å². The molecule has 18 heavy (non-hydrogen) atoms. The van der Waals surface area contributed by atoms with Crippen molar-refractivity contribution in [2.75, 3.05) is 24.6 Å². The van der Waals surface area contributed by atoms with E-state index in [-0.39, 0.29) is 17.2 Å². The first-order valence-corrected chi connectivity index (χ1v) is 6.22. The van der Waals surface area contributed by atoms with Crippen LogP contribution in [0.1, 0.15) is 18.4 Å². The van der Waals surface area contributed by atoms with E-state index in [1.807, 2.05) is 13.0 Å². The summed E-state index contributed by atoms with van der Waals surface area (Å²) in [7, 11) is 0. The van der Waals surface area contributed by atoms with E-state index in [4.69, 9.17) is 5.11 Å². The van der Waals surface area contributed by atoms with Crippen LogP contribution in [0.15, 0.2) is 18.2 Å². The van der Waals surface area contributed by atoms with Gasteiger partial charge in [-0.1, -0.05) is 6.07 Å². The van der Waals surface area contributed by atoms with Crippen LogP contribution in [0.25, 0.3) is 0 Å². The molecule has 1 aromatic carbocycles. The molecule has 5 nitrogen and oxygen atoms in total. The predicted molar refractivity (Wildman–Crippen MR) is 69.9 cm³/mol. The van der Waals surface area contributed by atoms with Crippen molar-refractivity contribution in [3.8, 4) is 0 Å². The number of aliphatic hydroxyl groups is 1. The largest absolute Gasteiger partial charge is 0.396 e. The average Bonchev–Trinajstić information content (AvgIpc) is 2.38. The Kier molecular flexibility index (Phi) is 3.81. The SMILES string of the molecule is Cc1ccc([N+](=O)[O-])c(N2CCC(CO)CC2)c1. The van der Waals surface area contributed by atoms with Gasteiger partial charge in [-0.15, -0.1) is 0 Å². The first kappa shape index (κ1) is 12.8. The molecule has 0 aliphatic carbocycles. The molecule has 0 radical (unpaired) electrons. The smallest absolute Gasteiger partial charge is 0.292 e. The van der Waals surface area contributed by atoms with Crippen molar-refractivity contribution in [1.29, 1.82) is 0 Å². The van der Waals surface area contributed by atoms with Crippen molar-refractivity contribution in [2.45, 2.75) is 19.8 Å². The minimum absolute atomic E-state index is 0.169. The summed E-state index contributed by atoms with van der Waals surface area (Å²) >= 11 is 0. The highest BCUT2D eigenvalue weighted by atomic mass is 16.6. The minimum atomic E-state index is -0.326. The Morgan fingerprint density at radius 1 is 1.44 bits per heavy atom. The highest BCUT2D eigenvalue weighted by Gasteiger charge is 2.24. The third-order valence-corrected chi connectivity index (χ3v) is 3.54. The van der Waals surface area contributed by atoms with Crippen LogP contribution in [0.3, 0.4) is 0 Å². The van der Waals surface area contributed by atoms with E-state index in [2.05, 4.69) is 4.90 Å². The molecule has 0 unspecified atom stereocenters. The van der Waals surface area contributed by atoms with E-state index in [0.717, 1.165) is 31.5 Å². The van der Waals surface area contributed by atoms with Gasteiger partial charge in [-0.05, 0) is 37.3 Å². The molecular weight excluding hydrogens is 232 g/mol. The third kappa shape index (κ3) is 2.61. The molecule has 0 aromatic heterocycles. The van der Waals surface area contributed by atoms with E-state index in [1.165, 1.54) is 0 Å². The van der Waals surface area contributed by atoms with Gasteiger partial charge in [-0.25, -0.2) is 0 Å². The fourth-order valence-electron chi connectivity index (χ4n) is 2.40. The molecule has 1 aromatic rings. The lowest BCUT2D eigenvalue weighted by Gasteiger charge is -2.32. The lowest BCUT2D eigenvalue weighted by atomic mass is 9.97. The molecule has 1 N–H and O–H groups in total. The molecule has 0 spiro atoms. The highest BCUT2D eigenvalue weighted by molar-refractivity contribution is 5.64. The second-order valence-electron chi connectivity index (χ2n) is 4.86. The maximum atomic E-state index is 11.0. The summed E-state index contributed by atoms with van der Waals surface area (Å²) < 4.78 is 0. The van der Waals surface area contributed by atoms with Crippen LogP contribution in [0, 0.1) is 23.0 Å². The van der Waals surface area contributed by atoms with E-state index in [0.29, 0.717) is 11.6 Å². The maximum Gasteiger partial charge on any atom is 0.292 e. The van der Waals surface area contributed by atoms with Crippen LogP contribution < -0.4 is 4.90 Å². The van der Waals surface area contributed by atoms with Gasteiger partial charge in [-0.2, -0.15) is 0 Å². The Morgan fingerprint density at radius 2 is 2.11 bits per heavy atom. The van der Waals surface area contributed by atoms with Gasteiger partial charge in [0.15, 0.2) is 0 Å². The van der Waals surface area contributed by atoms with Crippen molar-refractivity contribution in [2.24, 2.45) is 5.92 Å². The van der Waals surface area contributed by atoms with Crippen LogP contribution in [-0.2, 0) is 0 Å². The van der Waals surface area contributed by atoms with Crippen molar-refractivity contribution in [1.82, 2.24) is 0 Å². The van der Waals surface area contributed by atoms with Crippen LogP contribution in [0.4, 0.5) is 11.4 Å². The van der Waals surface area contributed by atoms with Gasteiger partial charge < -0.3 is 10.0 Å². The Bertz CT molecular complexity index is 440. The second-order valence-corrected chi connectivity index (χ2v) is 4.86. The van der Waals surface area contributed by atoms with Gasteiger partial charge in [0, 0.05) is 25.8 Å². The topological polar surface area (TPSA) is 66.6 Å². The zero-order valence-electron chi connectivity index (χ0n) is 10.5. The maximum absolute atomic E-state index is 11.0. The molecule has 1 saturated heterocycles. The number of benzene rings is 1. The quantitative estimate of drug-likeness (QED) is 0.659. The Hall–Kier alpha value is -1.62. The molecule has 5 heteroatoms. The summed E-state index contributed by atoms with van der Waals surface area (Å²) in [6.07, 6.45) is 1.78. The van der Waals surface area contributed by atoms with Crippen LogP contribution in [0.5, 0.6) is 0 Å². The standard InChI is InChI=1S/C13H18N2O3/c1-10-2-3-12(15(17)18)13(8-10)14-6-4-11(9-16)5-7-14/h2-3,8,11,16H,4-7,9H2,1H3. The molecule has 1 aliphatic heterocycles. The number of nitro benzene ring substituents is 1. The number of hydrogen-bond acceptors (Lipinski definition) is 4. The van der Waals surface area contributed by atoms with Gasteiger partial charge in [0.25, 0.3) is 5.69 Å². The summed E-state index contributed by atoms with van der Waals surface area (Å²) in [5.74, 6) is 0.338. The number of hydrogen-bond donors (Lipinski definition) is 1. The molecule has 98 valence electrons. The first-order valence-electron chi connectivity index (χ1n) is 6.22. The molecule has 0 bridgehead atoms. The molecule has 0 atom stereocenters. The molecular formula is C13H18N2O3. The zero-order chi connectivity index (χ0) is 13.1. The molecule has 1 heterocycles. The molecule has 0 saturated carbocycles. The van der Waals surface area contributed by atoms with Gasteiger partial charge in [0.2, 0.25) is 0 Å². The average molecular weight is 250 g/mol. The Labute approximate surface area is 106 Å². The van der Waals surface area contributed by atoms with E-state index in [1.54, 1.807) is 12.1 Å². The van der Waals surface area contributed by atoms with Crippen molar-refractivity contribution in [3.05, 3.63) is 33.9 Å². The number of piperidine rings is 1. The summed E-state index contributed by atoms with van der Waals surface area (Å²) in [4.78, 5) is 12.8.